The van der Waals surface area contributed by atoms with E-state index in [1.54, 1.807) is 6.20 Å². The SMILES string of the molecule is O=C(O)c1cnc(CN(Cc2ccccn2)C2CCCCC2)cn1. The summed E-state index contributed by atoms with van der Waals surface area (Å²) in [7, 11) is 0. The van der Waals surface area contributed by atoms with Gasteiger partial charge in [0.2, 0.25) is 0 Å². The molecule has 6 heteroatoms. The number of rotatable bonds is 6. The number of aromatic nitrogens is 3. The summed E-state index contributed by atoms with van der Waals surface area (Å²) >= 11 is 0. The van der Waals surface area contributed by atoms with E-state index in [1.165, 1.54) is 38.3 Å². The third-order valence-electron chi connectivity index (χ3n) is 4.47. The third kappa shape index (κ3) is 4.35. The molecule has 1 fully saturated rings. The number of carboxylic acids is 1. The standard InChI is InChI=1S/C18H22N4O2/c23-18(24)17-11-20-15(10-21-17)13-22(16-7-2-1-3-8-16)12-14-6-4-5-9-19-14/h4-6,9-11,16H,1-3,7-8,12-13H2,(H,23,24). The first kappa shape index (κ1) is 16.5. The third-order valence-corrected chi connectivity index (χ3v) is 4.47. The predicted octanol–water partition coefficient (Wildman–Crippen LogP) is 2.90. The normalized spacial score (nSPS) is 15.5. The second-order valence-corrected chi connectivity index (χ2v) is 6.22. The Morgan fingerprint density at radius 2 is 1.83 bits per heavy atom. The highest BCUT2D eigenvalue weighted by molar-refractivity contribution is 5.84. The molecule has 0 unspecified atom stereocenters. The zero-order valence-electron chi connectivity index (χ0n) is 13.6. The van der Waals surface area contributed by atoms with E-state index in [0.717, 1.165) is 17.9 Å². The minimum Gasteiger partial charge on any atom is -0.476 e. The summed E-state index contributed by atoms with van der Waals surface area (Å²) in [6.45, 7) is 1.43. The Hall–Kier alpha value is -2.34. The number of hydrogen-bond donors (Lipinski definition) is 1. The van der Waals surface area contributed by atoms with Crippen molar-refractivity contribution in [3.05, 3.63) is 53.9 Å². The molecule has 0 bridgehead atoms. The lowest BCUT2D eigenvalue weighted by Gasteiger charge is -2.33. The first-order valence-corrected chi connectivity index (χ1v) is 8.40. The van der Waals surface area contributed by atoms with Gasteiger partial charge < -0.3 is 5.11 Å². The molecular weight excluding hydrogens is 304 g/mol. The van der Waals surface area contributed by atoms with Crippen LogP contribution in [0, 0.1) is 0 Å². The Labute approximate surface area is 141 Å². The van der Waals surface area contributed by atoms with E-state index in [9.17, 15) is 4.79 Å². The van der Waals surface area contributed by atoms with Gasteiger partial charge in [-0.3, -0.25) is 14.9 Å². The Morgan fingerprint density at radius 3 is 2.46 bits per heavy atom. The molecule has 1 N–H and O–H groups in total. The van der Waals surface area contributed by atoms with E-state index < -0.39 is 5.97 Å². The molecule has 2 aromatic heterocycles. The van der Waals surface area contributed by atoms with Crippen LogP contribution in [-0.4, -0.2) is 37.0 Å². The average Bonchev–Trinajstić information content (AvgIpc) is 2.63. The topological polar surface area (TPSA) is 79.2 Å². The van der Waals surface area contributed by atoms with E-state index in [2.05, 4.69) is 19.9 Å². The van der Waals surface area contributed by atoms with Crippen LogP contribution in [0.15, 0.2) is 36.8 Å². The van der Waals surface area contributed by atoms with E-state index in [1.807, 2.05) is 24.4 Å². The summed E-state index contributed by atoms with van der Waals surface area (Å²) in [6.07, 6.45) is 10.9. The average molecular weight is 326 g/mol. The highest BCUT2D eigenvalue weighted by Gasteiger charge is 2.22. The van der Waals surface area contributed by atoms with Gasteiger partial charge in [-0.05, 0) is 25.0 Å². The second kappa shape index (κ2) is 7.97. The van der Waals surface area contributed by atoms with Crippen molar-refractivity contribution in [3.8, 4) is 0 Å². The Balaban J connectivity index is 1.74. The molecular formula is C18H22N4O2. The number of nitrogens with zero attached hydrogens (tertiary/aromatic N) is 4. The molecule has 2 heterocycles. The molecule has 3 rings (SSSR count). The molecule has 0 saturated heterocycles. The molecule has 0 aliphatic heterocycles. The maximum atomic E-state index is 10.9. The summed E-state index contributed by atoms with van der Waals surface area (Å²) in [5, 5.41) is 8.94. The lowest BCUT2D eigenvalue weighted by Crippen LogP contribution is -2.36. The van der Waals surface area contributed by atoms with Crippen LogP contribution in [0.4, 0.5) is 0 Å². The van der Waals surface area contributed by atoms with E-state index >= 15 is 0 Å². The van der Waals surface area contributed by atoms with Gasteiger partial charge in [-0.1, -0.05) is 25.3 Å². The predicted molar refractivity (Wildman–Crippen MR) is 89.3 cm³/mol. The Morgan fingerprint density at radius 1 is 1.04 bits per heavy atom. The molecule has 6 nitrogen and oxygen atoms in total. The number of carbonyl (C=O) groups is 1. The fourth-order valence-corrected chi connectivity index (χ4v) is 3.21. The van der Waals surface area contributed by atoms with Crippen molar-refractivity contribution in [1.29, 1.82) is 0 Å². The molecule has 1 saturated carbocycles. The van der Waals surface area contributed by atoms with Crippen LogP contribution in [0.3, 0.4) is 0 Å². The maximum Gasteiger partial charge on any atom is 0.356 e. The summed E-state index contributed by atoms with van der Waals surface area (Å²) in [5.41, 5.74) is 1.81. The molecule has 0 amide bonds. The largest absolute Gasteiger partial charge is 0.476 e. The fraction of sp³-hybridized carbons (Fsp3) is 0.444. The highest BCUT2D eigenvalue weighted by atomic mass is 16.4. The van der Waals surface area contributed by atoms with Gasteiger partial charge in [0.25, 0.3) is 0 Å². The number of aromatic carboxylic acids is 1. The lowest BCUT2D eigenvalue weighted by molar-refractivity contribution is 0.0689. The smallest absolute Gasteiger partial charge is 0.356 e. The summed E-state index contributed by atoms with van der Waals surface area (Å²) in [5.74, 6) is -1.05. The van der Waals surface area contributed by atoms with Gasteiger partial charge in [-0.15, -0.1) is 0 Å². The zero-order valence-corrected chi connectivity index (χ0v) is 13.6. The van der Waals surface area contributed by atoms with Gasteiger partial charge >= 0.3 is 5.97 Å². The van der Waals surface area contributed by atoms with E-state index in [4.69, 9.17) is 5.11 Å². The molecule has 1 aliphatic rings. The highest BCUT2D eigenvalue weighted by Crippen LogP contribution is 2.25. The number of carboxylic acid groups (broad SMARTS) is 1. The van der Waals surface area contributed by atoms with Gasteiger partial charge in [0.1, 0.15) is 0 Å². The van der Waals surface area contributed by atoms with Crippen molar-refractivity contribution >= 4 is 5.97 Å². The van der Waals surface area contributed by atoms with E-state index in [0.29, 0.717) is 12.6 Å². The maximum absolute atomic E-state index is 10.9. The van der Waals surface area contributed by atoms with E-state index in [-0.39, 0.29) is 5.69 Å². The van der Waals surface area contributed by atoms with Gasteiger partial charge in [-0.25, -0.2) is 9.78 Å². The molecule has 126 valence electrons. The molecule has 2 aromatic rings. The minimum atomic E-state index is -1.05. The van der Waals surface area contributed by atoms with Gasteiger partial charge in [0.15, 0.2) is 5.69 Å². The van der Waals surface area contributed by atoms with Crippen molar-refractivity contribution < 1.29 is 9.90 Å². The quantitative estimate of drug-likeness (QED) is 0.879. The van der Waals surface area contributed by atoms with Crippen LogP contribution < -0.4 is 0 Å². The van der Waals surface area contributed by atoms with Crippen LogP contribution in [0.2, 0.25) is 0 Å². The first-order valence-electron chi connectivity index (χ1n) is 8.40. The number of hydrogen-bond acceptors (Lipinski definition) is 5. The van der Waals surface area contributed by atoms with Crippen LogP contribution in [0.25, 0.3) is 0 Å². The van der Waals surface area contributed by atoms with Crippen LogP contribution in [-0.2, 0) is 13.1 Å². The molecule has 0 atom stereocenters. The summed E-state index contributed by atoms with van der Waals surface area (Å²) in [6, 6.07) is 6.48. The van der Waals surface area contributed by atoms with Gasteiger partial charge in [0.05, 0.1) is 23.8 Å². The number of pyridine rings is 1. The molecule has 24 heavy (non-hydrogen) atoms. The molecule has 0 radical (unpaired) electrons. The van der Waals surface area contributed by atoms with Gasteiger partial charge in [-0.2, -0.15) is 0 Å². The van der Waals surface area contributed by atoms with Crippen molar-refractivity contribution in [1.82, 2.24) is 19.9 Å². The molecule has 0 spiro atoms. The van der Waals surface area contributed by atoms with Crippen LogP contribution in [0.5, 0.6) is 0 Å². The van der Waals surface area contributed by atoms with Crippen LogP contribution >= 0.6 is 0 Å². The molecule has 0 aromatic carbocycles. The monoisotopic (exact) mass is 326 g/mol. The Kier molecular flexibility index (Phi) is 5.48. The van der Waals surface area contributed by atoms with Crippen LogP contribution in [0.1, 0.15) is 54.0 Å². The van der Waals surface area contributed by atoms with Crippen molar-refractivity contribution in [2.45, 2.75) is 51.2 Å². The van der Waals surface area contributed by atoms with Crippen molar-refractivity contribution in [3.63, 3.8) is 0 Å². The Bertz CT molecular complexity index is 654. The summed E-state index contributed by atoms with van der Waals surface area (Å²) in [4.78, 5) is 26.0. The fourth-order valence-electron chi connectivity index (χ4n) is 3.21. The zero-order chi connectivity index (χ0) is 16.8. The van der Waals surface area contributed by atoms with Crippen molar-refractivity contribution in [2.75, 3.05) is 0 Å². The first-order chi connectivity index (χ1) is 11.7. The van der Waals surface area contributed by atoms with Crippen molar-refractivity contribution in [2.24, 2.45) is 0 Å². The molecule has 1 aliphatic carbocycles. The lowest BCUT2D eigenvalue weighted by atomic mass is 9.94. The second-order valence-electron chi connectivity index (χ2n) is 6.22. The van der Waals surface area contributed by atoms with Gasteiger partial charge in [0, 0.05) is 25.3 Å². The minimum absolute atomic E-state index is 0.0207. The summed E-state index contributed by atoms with van der Waals surface area (Å²) < 4.78 is 0.